The van der Waals surface area contributed by atoms with Gasteiger partial charge in [-0.15, -0.1) is 0 Å². The molecule has 22 heavy (non-hydrogen) atoms. The van der Waals surface area contributed by atoms with Gasteiger partial charge >= 0.3 is 5.82 Å². The Balaban J connectivity index is 2.18. The van der Waals surface area contributed by atoms with Gasteiger partial charge in [-0.05, 0) is 34.5 Å². The van der Waals surface area contributed by atoms with Gasteiger partial charge in [0.25, 0.3) is 5.91 Å². The number of carbonyl (C=O) groups is 1. The lowest BCUT2D eigenvalue weighted by Gasteiger charge is -2.07. The predicted octanol–water partition coefficient (Wildman–Crippen LogP) is 2.09. The lowest BCUT2D eigenvalue weighted by molar-refractivity contribution is -0.389. The van der Waals surface area contributed by atoms with Crippen LogP contribution in [0.3, 0.4) is 0 Å². The zero-order valence-corrected chi connectivity index (χ0v) is 12.1. The largest absolute Gasteiger partial charge is 0.378 e. The molecule has 2 heterocycles. The molecule has 0 atom stereocenters. The van der Waals surface area contributed by atoms with Crippen LogP contribution in [0.15, 0.2) is 30.5 Å². The van der Waals surface area contributed by atoms with E-state index in [1.807, 2.05) is 0 Å². The summed E-state index contributed by atoms with van der Waals surface area (Å²) in [6, 6.07) is 6.42. The molecule has 0 saturated heterocycles. The van der Waals surface area contributed by atoms with E-state index in [9.17, 15) is 14.9 Å². The summed E-state index contributed by atoms with van der Waals surface area (Å²) in [6.45, 7) is 1.94. The molecule has 114 valence electrons. The third-order valence-corrected chi connectivity index (χ3v) is 2.87. The SMILES string of the molecule is COCc1cccc(NC(=O)c2cnc([N+](=O)[O-])cc2C)n1. The van der Waals surface area contributed by atoms with Gasteiger partial charge in [0.15, 0.2) is 6.20 Å². The first kappa shape index (κ1) is 15.5. The first-order chi connectivity index (χ1) is 10.5. The second-order valence-corrected chi connectivity index (χ2v) is 4.52. The molecule has 8 nitrogen and oxygen atoms in total. The van der Waals surface area contributed by atoms with E-state index >= 15 is 0 Å². The number of aryl methyl sites for hydroxylation is 1. The van der Waals surface area contributed by atoms with Crippen molar-refractivity contribution in [2.24, 2.45) is 0 Å². The number of anilines is 1. The number of ether oxygens (including phenoxy) is 1. The maximum absolute atomic E-state index is 12.2. The van der Waals surface area contributed by atoms with E-state index in [1.54, 1.807) is 32.2 Å². The number of methoxy groups -OCH3 is 1. The molecule has 1 N–H and O–H groups in total. The van der Waals surface area contributed by atoms with E-state index in [0.29, 0.717) is 23.7 Å². The highest BCUT2D eigenvalue weighted by molar-refractivity contribution is 6.04. The van der Waals surface area contributed by atoms with Crippen LogP contribution in [0.5, 0.6) is 0 Å². The summed E-state index contributed by atoms with van der Waals surface area (Å²) in [5.74, 6) is -0.353. The van der Waals surface area contributed by atoms with E-state index in [2.05, 4.69) is 15.3 Å². The Morgan fingerprint density at radius 1 is 1.45 bits per heavy atom. The van der Waals surface area contributed by atoms with Crippen molar-refractivity contribution in [3.8, 4) is 0 Å². The zero-order chi connectivity index (χ0) is 16.1. The molecule has 1 amide bonds. The van der Waals surface area contributed by atoms with Gasteiger partial charge < -0.3 is 20.2 Å². The monoisotopic (exact) mass is 302 g/mol. The Morgan fingerprint density at radius 2 is 2.23 bits per heavy atom. The molecule has 0 fully saturated rings. The van der Waals surface area contributed by atoms with Crippen molar-refractivity contribution in [3.63, 3.8) is 0 Å². The Kier molecular flexibility index (Phi) is 4.74. The Hall–Kier alpha value is -2.87. The summed E-state index contributed by atoms with van der Waals surface area (Å²) in [4.78, 5) is 30.1. The quantitative estimate of drug-likeness (QED) is 0.669. The topological polar surface area (TPSA) is 107 Å². The molecule has 0 aliphatic heterocycles. The average molecular weight is 302 g/mol. The summed E-state index contributed by atoms with van der Waals surface area (Å²) in [6.07, 6.45) is 1.18. The number of pyridine rings is 2. The van der Waals surface area contributed by atoms with Crippen molar-refractivity contribution >= 4 is 17.5 Å². The van der Waals surface area contributed by atoms with E-state index < -0.39 is 10.8 Å². The second-order valence-electron chi connectivity index (χ2n) is 4.52. The fraction of sp³-hybridized carbons (Fsp3) is 0.214. The fourth-order valence-corrected chi connectivity index (χ4v) is 1.84. The third kappa shape index (κ3) is 3.61. The van der Waals surface area contributed by atoms with Crippen molar-refractivity contribution in [1.82, 2.24) is 9.97 Å². The van der Waals surface area contributed by atoms with Crippen molar-refractivity contribution in [1.29, 1.82) is 0 Å². The molecule has 0 unspecified atom stereocenters. The van der Waals surface area contributed by atoms with E-state index in [4.69, 9.17) is 4.74 Å². The van der Waals surface area contributed by atoms with Crippen molar-refractivity contribution in [3.05, 3.63) is 57.4 Å². The molecule has 2 rings (SSSR count). The van der Waals surface area contributed by atoms with Crippen LogP contribution in [-0.2, 0) is 11.3 Å². The number of amides is 1. The lowest BCUT2D eigenvalue weighted by atomic mass is 10.1. The minimum atomic E-state index is -0.607. The molecule has 0 aliphatic carbocycles. The number of nitrogens with one attached hydrogen (secondary N) is 1. The van der Waals surface area contributed by atoms with Gasteiger partial charge in [0.05, 0.1) is 17.9 Å². The van der Waals surface area contributed by atoms with Crippen LogP contribution in [0.25, 0.3) is 0 Å². The Labute approximate surface area is 126 Å². The van der Waals surface area contributed by atoms with Crippen LogP contribution in [0.2, 0.25) is 0 Å². The lowest BCUT2D eigenvalue weighted by Crippen LogP contribution is -2.15. The third-order valence-electron chi connectivity index (χ3n) is 2.87. The molecule has 2 aromatic rings. The highest BCUT2D eigenvalue weighted by Gasteiger charge is 2.16. The average Bonchev–Trinajstić information content (AvgIpc) is 2.47. The number of nitrogens with zero attached hydrogens (tertiary/aromatic N) is 3. The molecule has 0 aromatic carbocycles. The summed E-state index contributed by atoms with van der Waals surface area (Å²) < 4.78 is 4.98. The molecular weight excluding hydrogens is 288 g/mol. The zero-order valence-electron chi connectivity index (χ0n) is 12.1. The fourth-order valence-electron chi connectivity index (χ4n) is 1.84. The van der Waals surface area contributed by atoms with E-state index in [1.165, 1.54) is 12.3 Å². The number of rotatable bonds is 5. The molecule has 0 radical (unpaired) electrons. The van der Waals surface area contributed by atoms with Crippen LogP contribution in [0.4, 0.5) is 11.6 Å². The summed E-state index contributed by atoms with van der Waals surface area (Å²) in [7, 11) is 1.55. The molecule has 2 aromatic heterocycles. The first-order valence-electron chi connectivity index (χ1n) is 6.38. The van der Waals surface area contributed by atoms with Crippen LogP contribution in [0, 0.1) is 17.0 Å². The van der Waals surface area contributed by atoms with Gasteiger partial charge in [0.1, 0.15) is 5.82 Å². The minimum absolute atomic E-state index is 0.254. The predicted molar refractivity (Wildman–Crippen MR) is 78.5 cm³/mol. The maximum Gasteiger partial charge on any atom is 0.363 e. The first-order valence-corrected chi connectivity index (χ1v) is 6.38. The van der Waals surface area contributed by atoms with Crippen molar-refractivity contribution in [2.75, 3.05) is 12.4 Å². The summed E-state index contributed by atoms with van der Waals surface area (Å²) in [5.41, 5.74) is 1.40. The second kappa shape index (κ2) is 6.72. The normalized spacial score (nSPS) is 10.3. The van der Waals surface area contributed by atoms with Gasteiger partial charge in [0.2, 0.25) is 0 Å². The number of nitro groups is 1. The van der Waals surface area contributed by atoms with Gasteiger partial charge in [-0.1, -0.05) is 6.07 Å². The van der Waals surface area contributed by atoms with Gasteiger partial charge in [-0.3, -0.25) is 4.79 Å². The maximum atomic E-state index is 12.2. The Morgan fingerprint density at radius 3 is 2.86 bits per heavy atom. The minimum Gasteiger partial charge on any atom is -0.378 e. The molecule has 8 heteroatoms. The van der Waals surface area contributed by atoms with Crippen LogP contribution in [-0.4, -0.2) is 27.9 Å². The smallest absolute Gasteiger partial charge is 0.363 e. The number of carbonyl (C=O) groups excluding carboxylic acids is 1. The molecule has 0 saturated carbocycles. The van der Waals surface area contributed by atoms with Crippen LogP contribution < -0.4 is 5.32 Å². The summed E-state index contributed by atoms with van der Waals surface area (Å²) >= 11 is 0. The molecule has 0 bridgehead atoms. The number of hydrogen-bond acceptors (Lipinski definition) is 6. The molecule has 0 aliphatic rings. The summed E-state index contributed by atoms with van der Waals surface area (Å²) in [5, 5.41) is 13.3. The van der Waals surface area contributed by atoms with Crippen LogP contribution >= 0.6 is 0 Å². The van der Waals surface area contributed by atoms with Gasteiger partial charge in [-0.2, -0.15) is 0 Å². The highest BCUT2D eigenvalue weighted by Crippen LogP contribution is 2.15. The number of aromatic nitrogens is 2. The van der Waals surface area contributed by atoms with E-state index in [-0.39, 0.29) is 11.4 Å². The number of hydrogen-bond donors (Lipinski definition) is 1. The van der Waals surface area contributed by atoms with Crippen molar-refractivity contribution < 1.29 is 14.5 Å². The Bertz CT molecular complexity index is 718. The highest BCUT2D eigenvalue weighted by atomic mass is 16.6. The van der Waals surface area contributed by atoms with Gasteiger partial charge in [-0.25, -0.2) is 4.98 Å². The molecule has 0 spiro atoms. The van der Waals surface area contributed by atoms with Crippen LogP contribution in [0.1, 0.15) is 21.6 Å². The van der Waals surface area contributed by atoms with Gasteiger partial charge in [0, 0.05) is 13.2 Å². The van der Waals surface area contributed by atoms with Crippen molar-refractivity contribution in [2.45, 2.75) is 13.5 Å². The van der Waals surface area contributed by atoms with E-state index in [0.717, 1.165) is 0 Å². The standard InChI is InChI=1S/C14H14N4O4/c1-9-6-13(18(20)21)15-7-11(9)14(19)17-12-5-3-4-10(16-12)8-22-2/h3-7H,8H2,1-2H3,(H,16,17,19). The molecular formula is C14H14N4O4.